The van der Waals surface area contributed by atoms with Crippen LogP contribution in [0, 0.1) is 6.92 Å². The Balaban J connectivity index is 2.28. The molecule has 1 saturated heterocycles. The lowest BCUT2D eigenvalue weighted by molar-refractivity contribution is 0.366. The van der Waals surface area contributed by atoms with Crippen molar-refractivity contribution in [2.75, 3.05) is 24.5 Å². The van der Waals surface area contributed by atoms with Gasteiger partial charge in [-0.3, -0.25) is 0 Å². The van der Waals surface area contributed by atoms with Crippen LogP contribution < -0.4 is 10.2 Å². The van der Waals surface area contributed by atoms with E-state index in [0.29, 0.717) is 0 Å². The molecule has 1 aliphatic heterocycles. The third-order valence-corrected chi connectivity index (χ3v) is 4.47. The van der Waals surface area contributed by atoms with Crippen LogP contribution in [-0.2, 0) is 0 Å². The smallest absolute Gasteiger partial charge is 0.0455 e. The van der Waals surface area contributed by atoms with Gasteiger partial charge < -0.3 is 10.2 Å². The molecule has 0 radical (unpaired) electrons. The van der Waals surface area contributed by atoms with Crippen molar-refractivity contribution in [2.45, 2.75) is 39.2 Å². The van der Waals surface area contributed by atoms with Crippen molar-refractivity contribution in [2.24, 2.45) is 0 Å². The number of hydrogen-bond donors (Lipinski definition) is 1. The monoisotopic (exact) mass is 266 g/mol. The summed E-state index contributed by atoms with van der Waals surface area (Å²) in [4.78, 5) is 2.48. The lowest BCUT2D eigenvalue weighted by Crippen LogP contribution is -2.48. The summed E-state index contributed by atoms with van der Waals surface area (Å²) in [6.07, 6.45) is 2.32. The molecule has 1 heterocycles. The predicted octanol–water partition coefficient (Wildman–Crippen LogP) is 3.62. The highest BCUT2D eigenvalue weighted by Gasteiger charge is 2.27. The molecule has 100 valence electrons. The topological polar surface area (TPSA) is 15.3 Å². The Labute approximate surface area is 115 Å². The number of nitrogens with one attached hydrogen (secondary N) is 1. The Morgan fingerprint density at radius 1 is 1.44 bits per heavy atom. The first-order valence-electron chi connectivity index (χ1n) is 6.81. The quantitative estimate of drug-likeness (QED) is 0.880. The average Bonchev–Trinajstić information content (AvgIpc) is 2.56. The van der Waals surface area contributed by atoms with Gasteiger partial charge in [0.2, 0.25) is 0 Å². The van der Waals surface area contributed by atoms with Gasteiger partial charge in [0.15, 0.2) is 0 Å². The summed E-state index contributed by atoms with van der Waals surface area (Å²) in [6.45, 7) is 9.92. The van der Waals surface area contributed by atoms with Crippen LogP contribution in [0.4, 0.5) is 5.69 Å². The maximum Gasteiger partial charge on any atom is 0.0455 e. The SMILES string of the molecule is CCC1(C)CN(c2cccc(Cl)c2C)CCCN1. The van der Waals surface area contributed by atoms with Crippen molar-refractivity contribution in [3.63, 3.8) is 0 Å². The van der Waals surface area contributed by atoms with E-state index < -0.39 is 0 Å². The van der Waals surface area contributed by atoms with Gasteiger partial charge in [-0.1, -0.05) is 24.6 Å². The van der Waals surface area contributed by atoms with E-state index in [-0.39, 0.29) is 5.54 Å². The first-order valence-corrected chi connectivity index (χ1v) is 7.18. The second-order valence-corrected chi connectivity index (χ2v) is 5.91. The highest BCUT2D eigenvalue weighted by Crippen LogP contribution is 2.29. The van der Waals surface area contributed by atoms with Crippen LogP contribution in [-0.4, -0.2) is 25.2 Å². The first kappa shape index (κ1) is 13.7. The van der Waals surface area contributed by atoms with E-state index in [1.807, 2.05) is 12.1 Å². The minimum atomic E-state index is 0.200. The summed E-state index contributed by atoms with van der Waals surface area (Å²) in [5, 5.41) is 4.53. The van der Waals surface area contributed by atoms with Gasteiger partial charge in [-0.2, -0.15) is 0 Å². The van der Waals surface area contributed by atoms with E-state index in [1.165, 1.54) is 17.7 Å². The summed E-state index contributed by atoms with van der Waals surface area (Å²) < 4.78 is 0. The van der Waals surface area contributed by atoms with Gasteiger partial charge in [0.25, 0.3) is 0 Å². The standard InChI is InChI=1S/C15H23ClN2/c1-4-15(3)11-18(10-6-9-17-15)14-8-5-7-13(16)12(14)2/h5,7-8,17H,4,6,9-11H2,1-3H3. The normalized spacial score (nSPS) is 25.0. The van der Waals surface area contributed by atoms with E-state index in [9.17, 15) is 0 Å². The van der Waals surface area contributed by atoms with Gasteiger partial charge in [0, 0.05) is 29.3 Å². The van der Waals surface area contributed by atoms with Gasteiger partial charge >= 0.3 is 0 Å². The zero-order valence-corrected chi connectivity index (χ0v) is 12.3. The predicted molar refractivity (Wildman–Crippen MR) is 79.7 cm³/mol. The molecule has 1 aromatic rings. The molecule has 2 rings (SSSR count). The van der Waals surface area contributed by atoms with Gasteiger partial charge in [0.05, 0.1) is 0 Å². The number of nitrogens with zero attached hydrogens (tertiary/aromatic N) is 1. The van der Waals surface area contributed by atoms with Gasteiger partial charge in [-0.15, -0.1) is 0 Å². The Bertz CT molecular complexity index is 419. The number of rotatable bonds is 2. The molecule has 0 aromatic heterocycles. The highest BCUT2D eigenvalue weighted by molar-refractivity contribution is 6.31. The van der Waals surface area contributed by atoms with Crippen LogP contribution in [0.1, 0.15) is 32.3 Å². The number of anilines is 1. The van der Waals surface area contributed by atoms with Crippen molar-refractivity contribution in [1.29, 1.82) is 0 Å². The van der Waals surface area contributed by atoms with Crippen LogP contribution in [0.25, 0.3) is 0 Å². The Morgan fingerprint density at radius 3 is 2.94 bits per heavy atom. The molecule has 0 aliphatic carbocycles. The van der Waals surface area contributed by atoms with Crippen molar-refractivity contribution in [3.05, 3.63) is 28.8 Å². The molecule has 1 aliphatic rings. The number of hydrogen-bond acceptors (Lipinski definition) is 2. The molecule has 0 amide bonds. The fourth-order valence-corrected chi connectivity index (χ4v) is 2.77. The molecule has 1 aromatic carbocycles. The second kappa shape index (κ2) is 5.50. The average molecular weight is 267 g/mol. The molecule has 1 N–H and O–H groups in total. The van der Waals surface area contributed by atoms with Gasteiger partial charge in [-0.25, -0.2) is 0 Å². The highest BCUT2D eigenvalue weighted by atomic mass is 35.5. The fraction of sp³-hybridized carbons (Fsp3) is 0.600. The third kappa shape index (κ3) is 2.81. The Hall–Kier alpha value is -0.730. The lowest BCUT2D eigenvalue weighted by Gasteiger charge is -2.34. The first-order chi connectivity index (χ1) is 8.56. The molecule has 18 heavy (non-hydrogen) atoms. The fourth-order valence-electron chi connectivity index (χ4n) is 2.60. The zero-order chi connectivity index (χ0) is 13.2. The maximum absolute atomic E-state index is 6.24. The minimum absolute atomic E-state index is 0.200. The molecular weight excluding hydrogens is 244 g/mol. The van der Waals surface area contributed by atoms with Crippen LogP contribution in [0.2, 0.25) is 5.02 Å². The molecule has 1 atom stereocenters. The summed E-state index contributed by atoms with van der Waals surface area (Å²) in [7, 11) is 0. The molecule has 0 bridgehead atoms. The van der Waals surface area contributed by atoms with E-state index in [0.717, 1.165) is 31.1 Å². The Kier molecular flexibility index (Phi) is 4.18. The zero-order valence-electron chi connectivity index (χ0n) is 11.6. The van der Waals surface area contributed by atoms with Crippen LogP contribution in [0.15, 0.2) is 18.2 Å². The van der Waals surface area contributed by atoms with Crippen LogP contribution in [0.5, 0.6) is 0 Å². The molecule has 3 heteroatoms. The molecular formula is C15H23ClN2. The lowest BCUT2D eigenvalue weighted by atomic mass is 9.98. The summed E-state index contributed by atoms with van der Waals surface area (Å²) in [5.74, 6) is 0. The third-order valence-electron chi connectivity index (χ3n) is 4.06. The van der Waals surface area contributed by atoms with Crippen molar-refractivity contribution < 1.29 is 0 Å². The Morgan fingerprint density at radius 2 is 2.22 bits per heavy atom. The maximum atomic E-state index is 6.24. The number of halogens is 1. The largest absolute Gasteiger partial charge is 0.369 e. The minimum Gasteiger partial charge on any atom is -0.369 e. The van der Waals surface area contributed by atoms with Crippen LogP contribution >= 0.6 is 11.6 Å². The van der Waals surface area contributed by atoms with E-state index in [2.05, 4.69) is 37.1 Å². The van der Waals surface area contributed by atoms with E-state index in [1.54, 1.807) is 0 Å². The van der Waals surface area contributed by atoms with Gasteiger partial charge in [-0.05, 0) is 50.9 Å². The summed E-state index contributed by atoms with van der Waals surface area (Å²) in [6, 6.07) is 6.20. The second-order valence-electron chi connectivity index (χ2n) is 5.50. The van der Waals surface area contributed by atoms with Gasteiger partial charge in [0.1, 0.15) is 0 Å². The molecule has 0 spiro atoms. The van der Waals surface area contributed by atoms with Crippen molar-refractivity contribution in [1.82, 2.24) is 5.32 Å². The molecule has 0 saturated carbocycles. The van der Waals surface area contributed by atoms with E-state index >= 15 is 0 Å². The van der Waals surface area contributed by atoms with Crippen molar-refractivity contribution >= 4 is 17.3 Å². The summed E-state index contributed by atoms with van der Waals surface area (Å²) in [5.41, 5.74) is 2.68. The summed E-state index contributed by atoms with van der Waals surface area (Å²) >= 11 is 6.24. The molecule has 2 nitrogen and oxygen atoms in total. The van der Waals surface area contributed by atoms with Crippen LogP contribution in [0.3, 0.4) is 0 Å². The number of benzene rings is 1. The molecule has 1 unspecified atom stereocenters. The van der Waals surface area contributed by atoms with Crippen molar-refractivity contribution in [3.8, 4) is 0 Å². The molecule has 1 fully saturated rings. The van der Waals surface area contributed by atoms with E-state index in [4.69, 9.17) is 11.6 Å².